The average Bonchev–Trinajstić information content (AvgIpc) is 2.83. The van der Waals surface area contributed by atoms with Crippen molar-refractivity contribution in [2.24, 2.45) is 0 Å². The fourth-order valence-electron chi connectivity index (χ4n) is 3.24. The Morgan fingerprint density at radius 1 is 1.05 bits per heavy atom. The number of rotatable bonds is 7. The van der Waals surface area contributed by atoms with Crippen molar-refractivity contribution in [3.05, 3.63) is 93.0 Å². The molecule has 2 amide bonds. The number of nitrogens with one attached hydrogen (secondary N) is 2. The molecule has 0 aliphatic rings. The van der Waals surface area contributed by atoms with Crippen LogP contribution in [-0.4, -0.2) is 18.4 Å². The highest BCUT2D eigenvalue weighted by Gasteiger charge is 2.30. The van der Waals surface area contributed by atoms with Gasteiger partial charge >= 0.3 is 6.18 Å². The number of carbonyl (C=O) groups is 2. The van der Waals surface area contributed by atoms with Crippen molar-refractivity contribution in [1.29, 1.82) is 5.26 Å². The second kappa shape index (κ2) is 11.8. The van der Waals surface area contributed by atoms with Gasteiger partial charge in [-0.15, -0.1) is 0 Å². The smallest absolute Gasteiger partial charge is 0.416 e. The van der Waals surface area contributed by atoms with E-state index in [1.165, 1.54) is 12.1 Å². The van der Waals surface area contributed by atoms with Gasteiger partial charge in [-0.3, -0.25) is 9.59 Å². The standard InChI is InChI=1S/C27H21BrF3N3O3/c1-16-6-7-17(2)23(10-16)34-25(35)15-37-24-9-8-21(28)12-18(24)11-19(14-32)26(36)33-22-5-3-4-20(13-22)27(29,30)31/h3-13H,15H2,1-2H3,(H,33,36)(H,34,35)/b19-11+. The second-order valence-corrected chi connectivity index (χ2v) is 8.96. The van der Waals surface area contributed by atoms with Crippen molar-refractivity contribution in [2.75, 3.05) is 17.2 Å². The molecule has 3 aromatic carbocycles. The second-order valence-electron chi connectivity index (χ2n) is 8.04. The predicted octanol–water partition coefficient (Wildman–Crippen LogP) is 6.65. The number of alkyl halides is 3. The lowest BCUT2D eigenvalue weighted by Gasteiger charge is -2.12. The highest BCUT2D eigenvalue weighted by molar-refractivity contribution is 9.10. The fraction of sp³-hybridized carbons (Fsp3) is 0.148. The Bertz CT molecular complexity index is 1410. The molecule has 2 N–H and O–H groups in total. The topological polar surface area (TPSA) is 91.2 Å². The quantitative estimate of drug-likeness (QED) is 0.245. The molecule has 10 heteroatoms. The normalized spacial score (nSPS) is 11.4. The van der Waals surface area contributed by atoms with Crippen LogP contribution >= 0.6 is 15.9 Å². The third-order valence-electron chi connectivity index (χ3n) is 5.11. The van der Waals surface area contributed by atoms with Crippen molar-refractivity contribution in [2.45, 2.75) is 20.0 Å². The van der Waals surface area contributed by atoms with Gasteiger partial charge < -0.3 is 15.4 Å². The Hall–Kier alpha value is -4.10. The molecule has 0 radical (unpaired) electrons. The van der Waals surface area contributed by atoms with E-state index in [-0.39, 0.29) is 23.6 Å². The van der Waals surface area contributed by atoms with Gasteiger partial charge in [0.1, 0.15) is 17.4 Å². The zero-order valence-electron chi connectivity index (χ0n) is 19.7. The molecular weight excluding hydrogens is 551 g/mol. The molecule has 0 spiro atoms. The highest BCUT2D eigenvalue weighted by atomic mass is 79.9. The van der Waals surface area contributed by atoms with Crippen molar-refractivity contribution in [3.63, 3.8) is 0 Å². The van der Waals surface area contributed by atoms with Crippen molar-refractivity contribution < 1.29 is 27.5 Å². The third kappa shape index (κ3) is 7.69. The van der Waals surface area contributed by atoms with E-state index >= 15 is 0 Å². The number of amides is 2. The van der Waals surface area contributed by atoms with Crippen molar-refractivity contribution in [1.82, 2.24) is 0 Å². The molecular formula is C27H21BrF3N3O3. The minimum Gasteiger partial charge on any atom is -0.483 e. The Morgan fingerprint density at radius 2 is 1.81 bits per heavy atom. The lowest BCUT2D eigenvalue weighted by Crippen LogP contribution is -2.21. The summed E-state index contributed by atoms with van der Waals surface area (Å²) in [5, 5.41) is 14.6. The zero-order valence-corrected chi connectivity index (χ0v) is 21.3. The summed E-state index contributed by atoms with van der Waals surface area (Å²) in [5.74, 6) is -1.09. The van der Waals surface area contributed by atoms with Gasteiger partial charge in [0.15, 0.2) is 6.61 Å². The van der Waals surface area contributed by atoms with Crippen molar-refractivity contribution >= 4 is 45.2 Å². The Kier molecular flexibility index (Phi) is 8.73. The van der Waals surface area contributed by atoms with Gasteiger partial charge in [-0.2, -0.15) is 18.4 Å². The molecule has 3 aromatic rings. The van der Waals surface area contributed by atoms with Gasteiger partial charge in [0, 0.05) is 21.4 Å². The van der Waals surface area contributed by atoms with Gasteiger partial charge in [-0.25, -0.2) is 0 Å². The van der Waals surface area contributed by atoms with Crippen LogP contribution in [0.2, 0.25) is 0 Å². The number of halogens is 4. The van der Waals surface area contributed by atoms with E-state index in [1.54, 1.807) is 24.3 Å². The minimum atomic E-state index is -4.58. The lowest BCUT2D eigenvalue weighted by atomic mass is 10.1. The molecule has 0 heterocycles. The number of ether oxygens (including phenoxy) is 1. The molecule has 190 valence electrons. The van der Waals surface area contributed by atoms with Crippen molar-refractivity contribution in [3.8, 4) is 11.8 Å². The highest BCUT2D eigenvalue weighted by Crippen LogP contribution is 2.31. The summed E-state index contributed by atoms with van der Waals surface area (Å²) < 4.78 is 45.2. The first kappa shape index (κ1) is 27.5. The van der Waals surface area contributed by atoms with Gasteiger partial charge in [0.25, 0.3) is 11.8 Å². The summed E-state index contributed by atoms with van der Waals surface area (Å²) in [4.78, 5) is 25.1. The van der Waals surface area contributed by atoms with E-state index in [0.29, 0.717) is 15.7 Å². The number of anilines is 2. The lowest BCUT2D eigenvalue weighted by molar-refractivity contribution is -0.137. The zero-order chi connectivity index (χ0) is 27.2. The molecule has 0 unspecified atom stereocenters. The summed E-state index contributed by atoms with van der Waals surface area (Å²) in [6.45, 7) is 3.43. The van der Waals surface area contributed by atoms with E-state index in [1.807, 2.05) is 32.0 Å². The van der Waals surface area contributed by atoms with E-state index in [0.717, 1.165) is 29.3 Å². The van der Waals surface area contributed by atoms with Crippen LogP contribution < -0.4 is 15.4 Å². The number of aryl methyl sites for hydroxylation is 2. The van der Waals surface area contributed by atoms with Crippen LogP contribution in [0.3, 0.4) is 0 Å². The van der Waals surface area contributed by atoms with Gasteiger partial charge in [-0.1, -0.05) is 34.1 Å². The number of benzene rings is 3. The van der Waals surface area contributed by atoms with E-state index in [9.17, 15) is 28.0 Å². The largest absolute Gasteiger partial charge is 0.483 e. The summed E-state index contributed by atoms with van der Waals surface area (Å²) >= 11 is 3.31. The molecule has 0 saturated heterocycles. The Labute approximate surface area is 219 Å². The monoisotopic (exact) mass is 571 g/mol. The summed E-state index contributed by atoms with van der Waals surface area (Å²) in [6.07, 6.45) is -3.35. The third-order valence-corrected chi connectivity index (χ3v) is 5.60. The molecule has 37 heavy (non-hydrogen) atoms. The molecule has 0 aromatic heterocycles. The van der Waals surface area contributed by atoms with E-state index in [2.05, 4.69) is 26.6 Å². The first-order valence-electron chi connectivity index (χ1n) is 10.9. The molecule has 0 bridgehead atoms. The van der Waals surface area contributed by atoms with Gasteiger partial charge in [0.2, 0.25) is 0 Å². The summed E-state index contributed by atoms with van der Waals surface area (Å²) in [6, 6.07) is 16.3. The maximum Gasteiger partial charge on any atom is 0.416 e. The predicted molar refractivity (Wildman–Crippen MR) is 138 cm³/mol. The maximum absolute atomic E-state index is 13.0. The molecule has 0 atom stereocenters. The van der Waals surface area contributed by atoms with Crippen LogP contribution in [0, 0.1) is 25.2 Å². The number of carbonyl (C=O) groups excluding carboxylic acids is 2. The Morgan fingerprint density at radius 3 is 2.51 bits per heavy atom. The average molecular weight is 572 g/mol. The number of nitrogens with zero attached hydrogens (tertiary/aromatic N) is 1. The first-order chi connectivity index (χ1) is 17.5. The van der Waals surface area contributed by atoms with Crippen LogP contribution in [0.5, 0.6) is 5.75 Å². The number of nitriles is 1. The molecule has 0 aliphatic carbocycles. The molecule has 6 nitrogen and oxygen atoms in total. The fourth-order valence-corrected chi connectivity index (χ4v) is 3.62. The number of hydrogen-bond donors (Lipinski definition) is 2. The molecule has 3 rings (SSSR count). The molecule has 0 fully saturated rings. The first-order valence-corrected chi connectivity index (χ1v) is 11.7. The van der Waals surface area contributed by atoms with Crippen LogP contribution in [0.15, 0.2) is 70.7 Å². The van der Waals surface area contributed by atoms with Crippen LogP contribution in [-0.2, 0) is 15.8 Å². The van der Waals surface area contributed by atoms with Gasteiger partial charge in [-0.05, 0) is 73.5 Å². The summed E-state index contributed by atoms with van der Waals surface area (Å²) in [5.41, 5.74) is 1.41. The maximum atomic E-state index is 13.0. The molecule has 0 saturated carbocycles. The van der Waals surface area contributed by atoms with E-state index < -0.39 is 23.6 Å². The Balaban J connectivity index is 1.77. The number of hydrogen-bond acceptors (Lipinski definition) is 4. The van der Waals surface area contributed by atoms with Crippen LogP contribution in [0.4, 0.5) is 24.5 Å². The SMILES string of the molecule is Cc1ccc(C)c(NC(=O)COc2ccc(Br)cc2/C=C(\C#N)C(=O)Nc2cccc(C(F)(F)F)c2)c1. The molecule has 0 aliphatic heterocycles. The summed E-state index contributed by atoms with van der Waals surface area (Å²) in [7, 11) is 0. The van der Waals surface area contributed by atoms with Crippen LogP contribution in [0.25, 0.3) is 6.08 Å². The van der Waals surface area contributed by atoms with Crippen LogP contribution in [0.1, 0.15) is 22.3 Å². The minimum absolute atomic E-state index is 0.116. The van der Waals surface area contributed by atoms with Gasteiger partial charge in [0.05, 0.1) is 5.56 Å². The van der Waals surface area contributed by atoms with E-state index in [4.69, 9.17) is 4.74 Å².